The van der Waals surface area contributed by atoms with Gasteiger partial charge in [0.2, 0.25) is 10.0 Å². The van der Waals surface area contributed by atoms with Gasteiger partial charge in [0, 0.05) is 18.3 Å². The van der Waals surface area contributed by atoms with Gasteiger partial charge in [-0.05, 0) is 76.6 Å². The van der Waals surface area contributed by atoms with Crippen molar-refractivity contribution in [3.05, 3.63) is 24.3 Å². The van der Waals surface area contributed by atoms with Gasteiger partial charge >= 0.3 is 0 Å². The quantitative estimate of drug-likeness (QED) is 0.644. The number of sulfonamides is 1. The minimum Gasteiger partial charge on any atom is -0.497 e. The van der Waals surface area contributed by atoms with E-state index >= 15 is 0 Å². The average molecular weight is 370 g/mol. The fourth-order valence-corrected chi connectivity index (χ4v) is 3.88. The SMILES string of the molecule is COc1ccc(NNCC2CCC(NS(=O)(=O)C(C)(C)C)CC2)cc1. The van der Waals surface area contributed by atoms with Gasteiger partial charge in [-0.3, -0.25) is 0 Å². The Morgan fingerprint density at radius 2 is 1.68 bits per heavy atom. The smallest absolute Gasteiger partial charge is 0.216 e. The molecule has 0 bridgehead atoms. The minimum atomic E-state index is -3.26. The van der Waals surface area contributed by atoms with Gasteiger partial charge in [0.25, 0.3) is 0 Å². The van der Waals surface area contributed by atoms with Crippen LogP contribution in [0.15, 0.2) is 24.3 Å². The molecule has 1 saturated carbocycles. The van der Waals surface area contributed by atoms with Crippen molar-refractivity contribution in [3.8, 4) is 5.75 Å². The summed E-state index contributed by atoms with van der Waals surface area (Å²) in [5.41, 5.74) is 7.46. The third-order valence-corrected chi connectivity index (χ3v) is 6.94. The van der Waals surface area contributed by atoms with E-state index in [1.165, 1.54) is 0 Å². The molecule has 0 radical (unpaired) electrons. The summed E-state index contributed by atoms with van der Waals surface area (Å²) in [6, 6.07) is 7.82. The maximum atomic E-state index is 12.2. The van der Waals surface area contributed by atoms with E-state index in [0.29, 0.717) is 5.92 Å². The number of benzene rings is 1. The molecule has 1 aliphatic carbocycles. The van der Waals surface area contributed by atoms with Gasteiger partial charge < -0.3 is 10.2 Å². The lowest BCUT2D eigenvalue weighted by Gasteiger charge is -2.31. The first-order valence-corrected chi connectivity index (χ1v) is 10.3. The van der Waals surface area contributed by atoms with Crippen molar-refractivity contribution in [2.45, 2.75) is 57.2 Å². The van der Waals surface area contributed by atoms with E-state index in [1.54, 1.807) is 27.9 Å². The summed E-state index contributed by atoms with van der Waals surface area (Å²) < 4.78 is 31.7. The second-order valence-electron chi connectivity index (χ2n) is 7.69. The van der Waals surface area contributed by atoms with Gasteiger partial charge in [-0.1, -0.05) is 0 Å². The first-order valence-electron chi connectivity index (χ1n) is 8.86. The summed E-state index contributed by atoms with van der Waals surface area (Å²) in [4.78, 5) is 0. The number of methoxy groups -OCH3 is 1. The molecule has 1 aliphatic rings. The largest absolute Gasteiger partial charge is 0.497 e. The minimum absolute atomic E-state index is 0.0648. The Bertz CT molecular complexity index is 631. The molecule has 3 N–H and O–H groups in total. The second-order valence-corrected chi connectivity index (χ2v) is 10.2. The number of nitrogens with one attached hydrogen (secondary N) is 3. The number of hydrazine groups is 1. The molecule has 0 spiro atoms. The zero-order valence-corrected chi connectivity index (χ0v) is 16.4. The lowest BCUT2D eigenvalue weighted by Crippen LogP contribution is -2.46. The third kappa shape index (κ3) is 5.87. The zero-order chi connectivity index (χ0) is 18.5. The Kier molecular flexibility index (Phi) is 6.71. The second kappa shape index (κ2) is 8.38. The highest BCUT2D eigenvalue weighted by molar-refractivity contribution is 7.90. The van der Waals surface area contributed by atoms with Crippen LogP contribution in [-0.2, 0) is 10.0 Å². The summed E-state index contributed by atoms with van der Waals surface area (Å²) in [6.45, 7) is 6.06. The molecule has 2 rings (SSSR count). The van der Waals surface area contributed by atoms with E-state index in [-0.39, 0.29) is 6.04 Å². The molecule has 0 amide bonds. The highest BCUT2D eigenvalue weighted by Gasteiger charge is 2.32. The molecule has 0 unspecified atom stereocenters. The molecular weight excluding hydrogens is 338 g/mol. The lowest BCUT2D eigenvalue weighted by molar-refractivity contribution is 0.306. The Hall–Kier alpha value is -1.31. The average Bonchev–Trinajstić information content (AvgIpc) is 2.56. The van der Waals surface area contributed by atoms with Crippen LogP contribution in [0.25, 0.3) is 0 Å². The fraction of sp³-hybridized carbons (Fsp3) is 0.667. The topological polar surface area (TPSA) is 79.5 Å². The van der Waals surface area contributed by atoms with Crippen molar-refractivity contribution in [1.29, 1.82) is 0 Å². The number of rotatable bonds is 7. The Balaban J connectivity index is 1.70. The van der Waals surface area contributed by atoms with Crippen LogP contribution in [0, 0.1) is 5.92 Å². The van der Waals surface area contributed by atoms with E-state index in [1.807, 2.05) is 24.3 Å². The van der Waals surface area contributed by atoms with E-state index in [4.69, 9.17) is 4.74 Å². The standard InChI is InChI=1S/C18H31N3O3S/c1-18(2,3)25(22,23)21-16-7-5-14(6-8-16)13-19-20-15-9-11-17(24-4)12-10-15/h9-12,14,16,19-21H,5-8,13H2,1-4H3. The molecule has 1 aromatic rings. The predicted molar refractivity (Wildman–Crippen MR) is 102 cm³/mol. The Labute approximate surface area is 151 Å². The monoisotopic (exact) mass is 369 g/mol. The summed E-state index contributed by atoms with van der Waals surface area (Å²) in [5, 5.41) is 0. The first kappa shape index (κ1) is 20.0. The normalized spacial score (nSPS) is 21.8. The predicted octanol–water partition coefficient (Wildman–Crippen LogP) is 2.89. The van der Waals surface area contributed by atoms with Gasteiger partial charge in [-0.2, -0.15) is 0 Å². The Morgan fingerprint density at radius 3 is 2.20 bits per heavy atom. The maximum absolute atomic E-state index is 12.2. The van der Waals surface area contributed by atoms with Crippen LogP contribution >= 0.6 is 0 Å². The summed E-state index contributed by atoms with van der Waals surface area (Å²) in [6.07, 6.45) is 3.83. The number of ether oxygens (including phenoxy) is 1. The third-order valence-electron chi connectivity index (χ3n) is 4.69. The van der Waals surface area contributed by atoms with Gasteiger partial charge in [0.05, 0.1) is 11.9 Å². The van der Waals surface area contributed by atoms with Crippen LogP contribution in [0.2, 0.25) is 0 Å². The molecule has 0 aliphatic heterocycles. The first-order chi connectivity index (χ1) is 11.7. The van der Waals surface area contributed by atoms with Gasteiger partial charge in [-0.15, -0.1) is 0 Å². The van der Waals surface area contributed by atoms with Crippen molar-refractivity contribution < 1.29 is 13.2 Å². The van der Waals surface area contributed by atoms with E-state index < -0.39 is 14.8 Å². The maximum Gasteiger partial charge on any atom is 0.216 e. The van der Waals surface area contributed by atoms with Crippen molar-refractivity contribution in [2.24, 2.45) is 5.92 Å². The molecule has 1 fully saturated rings. The molecule has 25 heavy (non-hydrogen) atoms. The molecular formula is C18H31N3O3S. The van der Waals surface area contributed by atoms with E-state index in [2.05, 4.69) is 15.6 Å². The van der Waals surface area contributed by atoms with Crippen molar-refractivity contribution in [1.82, 2.24) is 10.1 Å². The Morgan fingerprint density at radius 1 is 1.08 bits per heavy atom. The van der Waals surface area contributed by atoms with Crippen LogP contribution in [0.5, 0.6) is 5.75 Å². The highest BCUT2D eigenvalue weighted by atomic mass is 32.2. The molecule has 0 aromatic heterocycles. The van der Waals surface area contributed by atoms with Crippen LogP contribution in [-0.4, -0.2) is 32.9 Å². The van der Waals surface area contributed by atoms with Crippen molar-refractivity contribution in [2.75, 3.05) is 19.1 Å². The number of anilines is 1. The molecule has 0 saturated heterocycles. The molecule has 142 valence electrons. The van der Waals surface area contributed by atoms with Gasteiger partial charge in [0.15, 0.2) is 0 Å². The van der Waals surface area contributed by atoms with Gasteiger partial charge in [0.1, 0.15) is 5.75 Å². The van der Waals surface area contributed by atoms with Crippen LogP contribution in [0.4, 0.5) is 5.69 Å². The lowest BCUT2D eigenvalue weighted by atomic mass is 9.86. The fourth-order valence-electron chi connectivity index (χ4n) is 2.85. The van der Waals surface area contributed by atoms with Crippen molar-refractivity contribution in [3.63, 3.8) is 0 Å². The molecule has 0 heterocycles. The van der Waals surface area contributed by atoms with Gasteiger partial charge in [-0.25, -0.2) is 18.6 Å². The highest BCUT2D eigenvalue weighted by Crippen LogP contribution is 2.26. The van der Waals surface area contributed by atoms with E-state index in [0.717, 1.165) is 43.7 Å². The van der Waals surface area contributed by atoms with E-state index in [9.17, 15) is 8.42 Å². The molecule has 0 atom stereocenters. The molecule has 7 heteroatoms. The van der Waals surface area contributed by atoms with Crippen LogP contribution in [0.1, 0.15) is 46.5 Å². The van der Waals surface area contributed by atoms with Crippen LogP contribution < -0.4 is 20.3 Å². The molecule has 1 aromatic carbocycles. The van der Waals surface area contributed by atoms with Crippen LogP contribution in [0.3, 0.4) is 0 Å². The summed E-state index contributed by atoms with van der Waals surface area (Å²) >= 11 is 0. The number of hydrogen-bond acceptors (Lipinski definition) is 5. The number of hydrogen-bond donors (Lipinski definition) is 3. The molecule has 6 nitrogen and oxygen atoms in total. The summed E-state index contributed by atoms with van der Waals surface area (Å²) in [5.74, 6) is 1.39. The van der Waals surface area contributed by atoms with Crippen molar-refractivity contribution >= 4 is 15.7 Å². The zero-order valence-electron chi connectivity index (χ0n) is 15.6. The summed E-state index contributed by atoms with van der Waals surface area (Å²) in [7, 11) is -1.61.